The van der Waals surface area contributed by atoms with Crippen molar-refractivity contribution in [2.24, 2.45) is 0 Å². The highest BCUT2D eigenvalue weighted by atomic mass is 32.1. The maximum absolute atomic E-state index is 12.0. The van der Waals surface area contributed by atoms with Crippen LogP contribution in [0, 0.1) is 0 Å². The van der Waals surface area contributed by atoms with Gasteiger partial charge in [-0.3, -0.25) is 9.59 Å². The minimum absolute atomic E-state index is 0.223. The van der Waals surface area contributed by atoms with Crippen LogP contribution in [0.15, 0.2) is 41.8 Å². The first-order chi connectivity index (χ1) is 11.8. The number of nitrogens with one attached hydrogen (secondary N) is 1. The van der Waals surface area contributed by atoms with Crippen LogP contribution in [0.4, 0.5) is 11.4 Å². The van der Waals surface area contributed by atoms with Crippen molar-refractivity contribution in [2.75, 3.05) is 36.5 Å². The minimum atomic E-state index is -0.223. The molecule has 1 saturated heterocycles. The van der Waals surface area contributed by atoms with Gasteiger partial charge in [-0.1, -0.05) is 6.07 Å². The average molecular weight is 342 g/mol. The average Bonchev–Trinajstić information content (AvgIpc) is 3.14. The molecule has 0 radical (unpaired) electrons. The lowest BCUT2D eigenvalue weighted by molar-refractivity contribution is -0.111. The van der Waals surface area contributed by atoms with Gasteiger partial charge in [0.2, 0.25) is 5.91 Å². The summed E-state index contributed by atoms with van der Waals surface area (Å²) in [6.07, 6.45) is 4.08. The van der Waals surface area contributed by atoms with Crippen LogP contribution in [0.5, 0.6) is 0 Å². The van der Waals surface area contributed by atoms with E-state index < -0.39 is 0 Å². The summed E-state index contributed by atoms with van der Waals surface area (Å²) in [6, 6.07) is 9.26. The molecule has 6 heteroatoms. The number of benzene rings is 1. The Morgan fingerprint density at radius 2 is 2.08 bits per heavy atom. The predicted octanol–water partition coefficient (Wildman–Crippen LogP) is 3.05. The first-order valence-corrected chi connectivity index (χ1v) is 8.59. The van der Waals surface area contributed by atoms with Gasteiger partial charge in [-0.15, -0.1) is 11.3 Å². The number of hydrogen-bond donors (Lipinski definition) is 1. The summed E-state index contributed by atoms with van der Waals surface area (Å²) in [7, 11) is 0. The number of ether oxygens (including phenoxy) is 1. The molecule has 2 heterocycles. The van der Waals surface area contributed by atoms with E-state index in [0.29, 0.717) is 24.5 Å². The third-order valence-corrected chi connectivity index (χ3v) is 4.55. The number of hydrogen-bond acceptors (Lipinski definition) is 5. The first kappa shape index (κ1) is 16.4. The second-order valence-corrected chi connectivity index (χ2v) is 6.31. The van der Waals surface area contributed by atoms with Crippen molar-refractivity contribution in [2.45, 2.75) is 0 Å². The molecule has 1 aliphatic heterocycles. The second-order valence-electron chi connectivity index (χ2n) is 5.33. The quantitative estimate of drug-likeness (QED) is 0.670. The van der Waals surface area contributed by atoms with Crippen LogP contribution in [-0.4, -0.2) is 38.5 Å². The number of rotatable bonds is 5. The topological polar surface area (TPSA) is 58.6 Å². The van der Waals surface area contributed by atoms with Gasteiger partial charge in [0.25, 0.3) is 0 Å². The largest absolute Gasteiger partial charge is 0.378 e. The van der Waals surface area contributed by atoms with Gasteiger partial charge in [0.05, 0.1) is 13.2 Å². The summed E-state index contributed by atoms with van der Waals surface area (Å²) < 4.78 is 5.33. The van der Waals surface area contributed by atoms with E-state index in [4.69, 9.17) is 4.74 Å². The Morgan fingerprint density at radius 1 is 1.25 bits per heavy atom. The van der Waals surface area contributed by atoms with Gasteiger partial charge in [-0.2, -0.15) is 0 Å². The van der Waals surface area contributed by atoms with Crippen molar-refractivity contribution in [1.82, 2.24) is 0 Å². The summed E-state index contributed by atoms with van der Waals surface area (Å²) in [5.74, 6) is -0.223. The second kappa shape index (κ2) is 7.90. The summed E-state index contributed by atoms with van der Waals surface area (Å²) in [5.41, 5.74) is 2.05. The van der Waals surface area contributed by atoms with Crippen LogP contribution < -0.4 is 10.2 Å². The summed E-state index contributed by atoms with van der Waals surface area (Å²) in [4.78, 5) is 26.5. The van der Waals surface area contributed by atoms with Crippen LogP contribution in [0.2, 0.25) is 0 Å². The lowest BCUT2D eigenvalue weighted by atomic mass is 10.1. The minimum Gasteiger partial charge on any atom is -0.378 e. The molecule has 1 N–H and O–H groups in total. The van der Waals surface area contributed by atoms with Crippen LogP contribution in [-0.2, 0) is 9.53 Å². The van der Waals surface area contributed by atoms with Crippen LogP contribution in [0.3, 0.4) is 0 Å². The van der Waals surface area contributed by atoms with E-state index in [2.05, 4.69) is 10.2 Å². The van der Waals surface area contributed by atoms with Gasteiger partial charge in [0, 0.05) is 41.0 Å². The Bertz CT molecular complexity index is 735. The van der Waals surface area contributed by atoms with E-state index in [1.807, 2.05) is 29.6 Å². The van der Waals surface area contributed by atoms with E-state index in [-0.39, 0.29) is 5.91 Å². The van der Waals surface area contributed by atoms with E-state index in [1.165, 1.54) is 6.08 Å². The molecule has 0 aliphatic carbocycles. The molecule has 0 bridgehead atoms. The first-order valence-electron chi connectivity index (χ1n) is 7.71. The normalized spacial score (nSPS) is 14.8. The fraction of sp³-hybridized carbons (Fsp3) is 0.222. The zero-order valence-corrected chi connectivity index (χ0v) is 13.9. The maximum Gasteiger partial charge on any atom is 0.248 e. The van der Waals surface area contributed by atoms with Crippen molar-refractivity contribution < 1.29 is 14.3 Å². The number of nitrogens with zero attached hydrogens (tertiary/aromatic N) is 1. The standard InChI is InChI=1S/C18H18N2O3S/c21-13-14-12-15(3-5-17(14)20-7-9-23-10-8-20)19-18(22)6-4-16-2-1-11-24-16/h1-6,11-13H,7-10H2,(H,19,22)/b6-4+. The summed E-state index contributed by atoms with van der Waals surface area (Å²) in [5, 5.41) is 4.74. The Labute approximate surface area is 144 Å². The number of morpholine rings is 1. The van der Waals surface area contributed by atoms with Crippen LogP contribution >= 0.6 is 11.3 Å². The molecule has 24 heavy (non-hydrogen) atoms. The molecule has 0 saturated carbocycles. The van der Waals surface area contributed by atoms with E-state index in [1.54, 1.807) is 23.5 Å². The highest BCUT2D eigenvalue weighted by Crippen LogP contribution is 2.24. The molecule has 5 nitrogen and oxygen atoms in total. The Balaban J connectivity index is 1.69. The molecule has 0 spiro atoms. The zero-order valence-electron chi connectivity index (χ0n) is 13.1. The fourth-order valence-corrected chi connectivity index (χ4v) is 3.16. The highest BCUT2D eigenvalue weighted by molar-refractivity contribution is 7.10. The SMILES string of the molecule is O=Cc1cc(NC(=O)/C=C/c2cccs2)ccc1N1CCOCC1. The van der Waals surface area contributed by atoms with Gasteiger partial charge >= 0.3 is 0 Å². The number of carbonyl (C=O) groups excluding carboxylic acids is 2. The molecule has 1 aromatic heterocycles. The molecule has 124 valence electrons. The number of anilines is 2. The molecule has 1 aliphatic rings. The lowest BCUT2D eigenvalue weighted by Gasteiger charge is -2.30. The Morgan fingerprint density at radius 3 is 2.79 bits per heavy atom. The van der Waals surface area contributed by atoms with Gasteiger partial charge in [-0.25, -0.2) is 0 Å². The van der Waals surface area contributed by atoms with Crippen molar-refractivity contribution >= 4 is 41.0 Å². The fourth-order valence-electron chi connectivity index (χ4n) is 2.55. The number of thiophene rings is 1. The van der Waals surface area contributed by atoms with E-state index in [0.717, 1.165) is 29.9 Å². The molecule has 0 unspecified atom stereocenters. The zero-order chi connectivity index (χ0) is 16.8. The van der Waals surface area contributed by atoms with Crippen molar-refractivity contribution in [3.05, 3.63) is 52.2 Å². The smallest absolute Gasteiger partial charge is 0.248 e. The highest BCUT2D eigenvalue weighted by Gasteiger charge is 2.15. The lowest BCUT2D eigenvalue weighted by Crippen LogP contribution is -2.36. The molecule has 2 aromatic rings. The maximum atomic E-state index is 12.0. The van der Waals surface area contributed by atoms with E-state index >= 15 is 0 Å². The van der Waals surface area contributed by atoms with Crippen LogP contribution in [0.1, 0.15) is 15.2 Å². The van der Waals surface area contributed by atoms with Crippen molar-refractivity contribution in [3.8, 4) is 0 Å². The van der Waals surface area contributed by atoms with Gasteiger partial charge < -0.3 is 15.0 Å². The molecule has 3 rings (SSSR count). The number of carbonyl (C=O) groups is 2. The molecular weight excluding hydrogens is 324 g/mol. The van der Waals surface area contributed by atoms with Gasteiger partial charge in [0.1, 0.15) is 0 Å². The van der Waals surface area contributed by atoms with E-state index in [9.17, 15) is 9.59 Å². The van der Waals surface area contributed by atoms with Gasteiger partial charge in [0.15, 0.2) is 6.29 Å². The molecule has 1 fully saturated rings. The van der Waals surface area contributed by atoms with Gasteiger partial charge in [-0.05, 0) is 35.7 Å². The molecule has 1 amide bonds. The summed E-state index contributed by atoms with van der Waals surface area (Å²) >= 11 is 1.57. The predicted molar refractivity (Wildman–Crippen MR) is 96.8 cm³/mol. The number of aldehydes is 1. The molecule has 0 atom stereocenters. The Hall–Kier alpha value is -2.44. The molecule has 1 aromatic carbocycles. The van der Waals surface area contributed by atoms with Crippen molar-refractivity contribution in [3.63, 3.8) is 0 Å². The third kappa shape index (κ3) is 4.10. The third-order valence-electron chi connectivity index (χ3n) is 3.72. The molecular formula is C18H18N2O3S. The van der Waals surface area contributed by atoms with Crippen molar-refractivity contribution in [1.29, 1.82) is 0 Å². The van der Waals surface area contributed by atoms with Crippen LogP contribution in [0.25, 0.3) is 6.08 Å². The summed E-state index contributed by atoms with van der Waals surface area (Å²) in [6.45, 7) is 2.83. The Kier molecular flexibility index (Phi) is 5.40. The monoisotopic (exact) mass is 342 g/mol. The number of amides is 1.